The maximum Gasteiger partial charge on any atom is 0.437 e. The van der Waals surface area contributed by atoms with Crippen molar-refractivity contribution in [1.82, 2.24) is 31.2 Å². The number of rotatable bonds is 11. The van der Waals surface area contributed by atoms with Gasteiger partial charge in [0, 0.05) is 18.5 Å². The Balaban J connectivity index is 1.49. The average Bonchev–Trinajstić information content (AvgIpc) is 3.01. The van der Waals surface area contributed by atoms with Crippen LogP contribution in [0.3, 0.4) is 0 Å². The molecular formula is C34H47ClN10O6. The minimum Gasteiger partial charge on any atom is -0.493 e. The van der Waals surface area contributed by atoms with Crippen molar-refractivity contribution in [2.45, 2.75) is 78.4 Å². The Kier molecular flexibility index (Phi) is 14.2. The monoisotopic (exact) mass is 726 g/mol. The third kappa shape index (κ3) is 13.8. The second-order valence-electron chi connectivity index (χ2n) is 13.3. The number of fused-ring (bicyclic) bond motifs is 1. The lowest BCUT2D eigenvalue weighted by atomic mass is 9.99. The molecule has 0 saturated carbocycles. The van der Waals surface area contributed by atoms with Gasteiger partial charge in [-0.05, 0) is 84.2 Å². The number of halogens is 1. The highest BCUT2D eigenvalue weighted by Gasteiger charge is 2.21. The summed E-state index contributed by atoms with van der Waals surface area (Å²) in [7, 11) is 0. The lowest BCUT2D eigenvalue weighted by Gasteiger charge is -2.21. The molecule has 0 atom stereocenters. The molecule has 1 aromatic heterocycles. The minimum absolute atomic E-state index is 0.0892. The topological polar surface area (TPSA) is 241 Å². The maximum atomic E-state index is 12.4. The summed E-state index contributed by atoms with van der Waals surface area (Å²) >= 11 is 5.83. The largest absolute Gasteiger partial charge is 0.493 e. The van der Waals surface area contributed by atoms with Gasteiger partial charge in [-0.1, -0.05) is 41.9 Å². The normalized spacial score (nSPS) is 11.8. The van der Waals surface area contributed by atoms with Crippen LogP contribution in [0.5, 0.6) is 5.75 Å². The van der Waals surface area contributed by atoms with Crippen LogP contribution in [0.2, 0.25) is 5.15 Å². The van der Waals surface area contributed by atoms with E-state index < -0.39 is 29.3 Å². The Hall–Kier alpha value is -5.38. The van der Waals surface area contributed by atoms with Crippen molar-refractivity contribution < 1.29 is 28.6 Å². The number of ether oxygens (including phenoxy) is 3. The number of hydrogen-bond donors (Lipinski definition) is 7. The number of nitrogens with one attached hydrogen (secondary N) is 5. The summed E-state index contributed by atoms with van der Waals surface area (Å²) < 4.78 is 16.6. The molecule has 0 bridgehead atoms. The molecule has 17 heteroatoms. The third-order valence-electron chi connectivity index (χ3n) is 6.59. The summed E-state index contributed by atoms with van der Waals surface area (Å²) in [6.45, 7) is 11.5. The number of guanidine groups is 2. The average molecular weight is 727 g/mol. The van der Waals surface area contributed by atoms with Crippen LogP contribution in [-0.2, 0) is 15.9 Å². The molecule has 0 unspecified atom stereocenters. The lowest BCUT2D eigenvalue weighted by molar-refractivity contribution is 0.0560. The van der Waals surface area contributed by atoms with E-state index in [2.05, 4.69) is 36.2 Å². The smallest absolute Gasteiger partial charge is 0.437 e. The van der Waals surface area contributed by atoms with Crippen molar-refractivity contribution in [3.63, 3.8) is 0 Å². The number of hydrogen-bond acceptors (Lipinski definition) is 11. The number of nitrogens with two attached hydrogens (primary N) is 2. The van der Waals surface area contributed by atoms with Gasteiger partial charge in [0.25, 0.3) is 5.91 Å². The number of benzene rings is 2. The van der Waals surface area contributed by atoms with Crippen LogP contribution < -0.4 is 37.5 Å². The number of aliphatic imine (C=N–C) groups is 1. The van der Waals surface area contributed by atoms with Gasteiger partial charge in [-0.2, -0.15) is 0 Å². The van der Waals surface area contributed by atoms with E-state index in [1.807, 2.05) is 36.4 Å². The van der Waals surface area contributed by atoms with Crippen LogP contribution in [0.15, 0.2) is 41.4 Å². The van der Waals surface area contributed by atoms with Gasteiger partial charge in [-0.15, -0.1) is 4.99 Å². The summed E-state index contributed by atoms with van der Waals surface area (Å²) in [4.78, 5) is 48.5. The number of alkyl carbamates (subject to hydrolysis) is 1. The summed E-state index contributed by atoms with van der Waals surface area (Å²) in [6.07, 6.45) is 1.24. The van der Waals surface area contributed by atoms with Crippen molar-refractivity contribution >= 4 is 64.0 Å². The van der Waals surface area contributed by atoms with Gasteiger partial charge in [-0.25, -0.2) is 19.6 Å². The molecule has 0 saturated heterocycles. The van der Waals surface area contributed by atoms with E-state index in [9.17, 15) is 14.4 Å². The Morgan fingerprint density at radius 2 is 1.51 bits per heavy atom. The molecular weight excluding hydrogens is 680 g/mol. The van der Waals surface area contributed by atoms with Crippen molar-refractivity contribution in [2.24, 2.45) is 4.99 Å². The van der Waals surface area contributed by atoms with Gasteiger partial charge in [-0.3, -0.25) is 20.8 Å². The van der Waals surface area contributed by atoms with Gasteiger partial charge < -0.3 is 36.3 Å². The van der Waals surface area contributed by atoms with Gasteiger partial charge in [0.05, 0.1) is 6.61 Å². The van der Waals surface area contributed by atoms with Crippen LogP contribution >= 0.6 is 11.6 Å². The molecule has 2 aromatic carbocycles. The molecule has 3 rings (SSSR count). The molecule has 0 aliphatic heterocycles. The SMILES string of the molecule is CC(C)(C)OC(=O)/N=C(/NCCCOc1ccc(CCCCNC(=N)NC(=O)c2nc(Cl)c(N)nc2N)c2ccccc12)NC(=O)OC(C)(C)C. The Labute approximate surface area is 301 Å². The fourth-order valence-electron chi connectivity index (χ4n) is 4.51. The first-order chi connectivity index (χ1) is 23.9. The number of carbonyl (C=O) groups excluding carboxylic acids is 3. The number of carbonyl (C=O) groups is 3. The van der Waals surface area contributed by atoms with Crippen LogP contribution in [0.4, 0.5) is 21.2 Å². The van der Waals surface area contributed by atoms with E-state index in [1.54, 1.807) is 41.5 Å². The van der Waals surface area contributed by atoms with Gasteiger partial charge in [0.15, 0.2) is 28.4 Å². The molecule has 0 aliphatic rings. The predicted octanol–water partition coefficient (Wildman–Crippen LogP) is 4.90. The number of nitrogens with zero attached hydrogens (tertiary/aromatic N) is 3. The first-order valence-electron chi connectivity index (χ1n) is 16.3. The van der Waals surface area contributed by atoms with Gasteiger partial charge in [0.2, 0.25) is 5.96 Å². The second kappa shape index (κ2) is 18.0. The van der Waals surface area contributed by atoms with Crippen LogP contribution in [-0.4, -0.2) is 70.9 Å². The molecule has 51 heavy (non-hydrogen) atoms. The van der Waals surface area contributed by atoms with E-state index in [0.29, 0.717) is 26.1 Å². The molecule has 16 nitrogen and oxygen atoms in total. The number of anilines is 2. The fraction of sp³-hybridized carbons (Fsp3) is 0.441. The molecule has 0 radical (unpaired) electrons. The van der Waals surface area contributed by atoms with Gasteiger partial charge in [0.1, 0.15) is 17.0 Å². The van der Waals surface area contributed by atoms with Crippen molar-refractivity contribution in [3.05, 3.63) is 52.8 Å². The number of nitrogen functional groups attached to an aromatic ring is 2. The van der Waals surface area contributed by atoms with E-state index in [4.69, 9.17) is 42.7 Å². The van der Waals surface area contributed by atoms with Gasteiger partial charge >= 0.3 is 12.2 Å². The first kappa shape index (κ1) is 40.1. The third-order valence-corrected chi connectivity index (χ3v) is 6.87. The Bertz CT molecular complexity index is 1750. The lowest BCUT2D eigenvalue weighted by Crippen LogP contribution is -2.44. The zero-order valence-electron chi connectivity index (χ0n) is 29.7. The number of unbranched alkanes of at least 4 members (excludes halogenated alkanes) is 1. The second-order valence-corrected chi connectivity index (χ2v) is 13.7. The molecule has 0 aliphatic carbocycles. The first-order valence-corrected chi connectivity index (χ1v) is 16.7. The highest BCUT2D eigenvalue weighted by atomic mass is 35.5. The highest BCUT2D eigenvalue weighted by Crippen LogP contribution is 2.29. The summed E-state index contributed by atoms with van der Waals surface area (Å²) in [6, 6.07) is 11.9. The highest BCUT2D eigenvalue weighted by molar-refractivity contribution is 6.31. The molecule has 3 amide bonds. The summed E-state index contributed by atoms with van der Waals surface area (Å²) in [5.74, 6) is -0.573. The number of aryl methyl sites for hydroxylation is 1. The summed E-state index contributed by atoms with van der Waals surface area (Å²) in [5.41, 5.74) is 10.7. The minimum atomic E-state index is -0.855. The quantitative estimate of drug-likeness (QED) is 0.0793. The van der Waals surface area contributed by atoms with Crippen molar-refractivity contribution in [1.29, 1.82) is 5.41 Å². The maximum absolute atomic E-state index is 12.4. The van der Waals surface area contributed by atoms with E-state index in [0.717, 1.165) is 41.3 Å². The van der Waals surface area contributed by atoms with Crippen LogP contribution in [0, 0.1) is 5.41 Å². The molecule has 0 fully saturated rings. The van der Waals surface area contributed by atoms with Crippen molar-refractivity contribution in [3.8, 4) is 5.75 Å². The van der Waals surface area contributed by atoms with Crippen LogP contribution in [0.1, 0.15) is 76.9 Å². The zero-order chi connectivity index (χ0) is 37.8. The van der Waals surface area contributed by atoms with Crippen LogP contribution in [0.25, 0.3) is 10.8 Å². The molecule has 0 spiro atoms. The summed E-state index contributed by atoms with van der Waals surface area (Å²) in [5, 5.41) is 20.6. The predicted molar refractivity (Wildman–Crippen MR) is 197 cm³/mol. The standard InChI is InChI=1S/C34H47ClN10O6/c1-33(2,3)50-31(47)44-30(45-32(48)51-34(4,5)6)40-18-11-19-49-23-16-15-20(21-13-7-8-14-22(21)23)12-9-10-17-39-29(38)43-28(46)24-26(36)42-27(37)25(35)41-24/h7-8,13-16H,9-12,17-19H2,1-6H3,(H4,36,37,42)(H3,38,39,43,46)(H2,40,44,45,47,48). The van der Waals surface area contributed by atoms with E-state index in [1.165, 1.54) is 0 Å². The molecule has 3 aromatic rings. The molecule has 276 valence electrons. The fourth-order valence-corrected chi connectivity index (χ4v) is 4.63. The number of aromatic nitrogens is 2. The Morgan fingerprint density at radius 3 is 2.20 bits per heavy atom. The number of amides is 3. The van der Waals surface area contributed by atoms with E-state index >= 15 is 0 Å². The van der Waals surface area contributed by atoms with Crippen molar-refractivity contribution in [2.75, 3.05) is 31.2 Å². The molecule has 9 N–H and O–H groups in total. The Morgan fingerprint density at radius 1 is 0.843 bits per heavy atom. The zero-order valence-corrected chi connectivity index (χ0v) is 30.5. The van der Waals surface area contributed by atoms with E-state index in [-0.39, 0.29) is 34.4 Å². The molecule has 1 heterocycles.